The number of benzene rings is 1. The average Bonchev–Trinajstić information content (AvgIpc) is 2.44. The Kier molecular flexibility index (Phi) is 5.96. The van der Waals surface area contributed by atoms with E-state index in [-0.39, 0.29) is 24.2 Å². The molecule has 9 heteroatoms. The van der Waals surface area contributed by atoms with Crippen LogP contribution >= 0.6 is 11.6 Å². The highest BCUT2D eigenvalue weighted by atomic mass is 35.5. The lowest BCUT2D eigenvalue weighted by molar-refractivity contribution is -0.140. The Morgan fingerprint density at radius 2 is 2.19 bits per heavy atom. The fourth-order valence-corrected chi connectivity index (χ4v) is 2.49. The number of methoxy groups -OCH3 is 1. The molecule has 114 valence electrons. The van der Waals surface area contributed by atoms with Gasteiger partial charge in [0.2, 0.25) is 0 Å². The van der Waals surface area contributed by atoms with Gasteiger partial charge in [0.15, 0.2) is 0 Å². The summed E-state index contributed by atoms with van der Waals surface area (Å²) in [5, 5.41) is 9.25. The Balaban J connectivity index is 2.88. The quantitative estimate of drug-likeness (QED) is 0.793. The number of rotatable bonds is 6. The van der Waals surface area contributed by atoms with Gasteiger partial charge in [0.25, 0.3) is 0 Å². The van der Waals surface area contributed by atoms with Gasteiger partial charge >= 0.3 is 16.2 Å². The van der Waals surface area contributed by atoms with Crippen LogP contribution in [0.25, 0.3) is 0 Å². The van der Waals surface area contributed by atoms with Crippen LogP contribution in [0.2, 0.25) is 5.02 Å². The van der Waals surface area contributed by atoms with Crippen LogP contribution in [0.3, 0.4) is 0 Å². The van der Waals surface area contributed by atoms with E-state index in [0.29, 0.717) is 5.02 Å². The molecular formula is C12H14ClN3O4S. The predicted molar refractivity (Wildman–Crippen MR) is 78.0 cm³/mol. The number of anilines is 1. The minimum Gasteiger partial charge on any atom is -0.469 e. The van der Waals surface area contributed by atoms with E-state index in [1.165, 1.54) is 32.4 Å². The molecule has 1 aromatic carbocycles. The Hall–Kier alpha value is -1.82. The van der Waals surface area contributed by atoms with Crippen LogP contribution in [0.5, 0.6) is 0 Å². The maximum Gasteiger partial charge on any atom is 0.306 e. The zero-order chi connectivity index (χ0) is 16.0. The summed E-state index contributed by atoms with van der Waals surface area (Å²) in [4.78, 5) is 11.0. The predicted octanol–water partition coefficient (Wildman–Crippen LogP) is 1.36. The van der Waals surface area contributed by atoms with E-state index in [9.17, 15) is 13.2 Å². The fraction of sp³-hybridized carbons (Fsp3) is 0.333. The Morgan fingerprint density at radius 3 is 2.76 bits per heavy atom. The van der Waals surface area contributed by atoms with Crippen LogP contribution in [0.4, 0.5) is 5.69 Å². The second-order valence-electron chi connectivity index (χ2n) is 4.06. The summed E-state index contributed by atoms with van der Waals surface area (Å²) >= 11 is 5.78. The fourth-order valence-electron chi connectivity index (χ4n) is 1.39. The van der Waals surface area contributed by atoms with E-state index in [4.69, 9.17) is 16.9 Å². The SMILES string of the molecule is COC(=O)CCN(C)S(=O)(=O)Nc1cc(Cl)ccc1C#N. The molecule has 7 nitrogen and oxygen atoms in total. The lowest BCUT2D eigenvalue weighted by Gasteiger charge is -2.18. The van der Waals surface area contributed by atoms with Crippen molar-refractivity contribution in [1.29, 1.82) is 5.26 Å². The maximum atomic E-state index is 12.1. The smallest absolute Gasteiger partial charge is 0.306 e. The molecule has 0 saturated carbocycles. The van der Waals surface area contributed by atoms with E-state index >= 15 is 0 Å². The molecule has 0 atom stereocenters. The van der Waals surface area contributed by atoms with Crippen molar-refractivity contribution in [3.63, 3.8) is 0 Å². The van der Waals surface area contributed by atoms with Crippen molar-refractivity contribution in [1.82, 2.24) is 4.31 Å². The molecule has 0 aromatic heterocycles. The van der Waals surface area contributed by atoms with E-state index in [0.717, 1.165) is 4.31 Å². The van der Waals surface area contributed by atoms with Gasteiger partial charge in [-0.2, -0.15) is 18.0 Å². The summed E-state index contributed by atoms with van der Waals surface area (Å²) < 4.78 is 31.8. The van der Waals surface area contributed by atoms with E-state index < -0.39 is 16.2 Å². The molecule has 1 rings (SSSR count). The zero-order valence-corrected chi connectivity index (χ0v) is 13.0. The van der Waals surface area contributed by atoms with Crippen LogP contribution in [-0.2, 0) is 19.7 Å². The van der Waals surface area contributed by atoms with Crippen LogP contribution < -0.4 is 4.72 Å². The van der Waals surface area contributed by atoms with Gasteiger partial charge in [0.05, 0.1) is 24.8 Å². The van der Waals surface area contributed by atoms with Gasteiger partial charge < -0.3 is 4.74 Å². The number of halogens is 1. The number of nitrogens with zero attached hydrogens (tertiary/aromatic N) is 2. The largest absolute Gasteiger partial charge is 0.469 e. The van der Waals surface area contributed by atoms with Crippen molar-refractivity contribution in [2.75, 3.05) is 25.4 Å². The normalized spacial score (nSPS) is 11.0. The first-order valence-electron chi connectivity index (χ1n) is 5.80. The summed E-state index contributed by atoms with van der Waals surface area (Å²) in [6.07, 6.45) is -0.0748. The van der Waals surface area contributed by atoms with Crippen molar-refractivity contribution < 1.29 is 17.9 Å². The molecular weight excluding hydrogens is 318 g/mol. The number of nitriles is 1. The number of carbonyl (C=O) groups excluding carboxylic acids is 1. The van der Waals surface area contributed by atoms with E-state index in [1.807, 2.05) is 6.07 Å². The Bertz CT molecular complexity index is 670. The number of nitrogens with one attached hydrogen (secondary N) is 1. The maximum absolute atomic E-state index is 12.1. The molecule has 0 unspecified atom stereocenters. The molecule has 0 saturated heterocycles. The van der Waals surface area contributed by atoms with Gasteiger partial charge in [-0.05, 0) is 18.2 Å². The number of hydrogen-bond acceptors (Lipinski definition) is 5. The number of carbonyl (C=O) groups is 1. The highest BCUT2D eigenvalue weighted by Gasteiger charge is 2.20. The summed E-state index contributed by atoms with van der Waals surface area (Å²) in [5.41, 5.74) is 0.222. The molecule has 1 N–H and O–H groups in total. The first kappa shape index (κ1) is 17.2. The molecule has 0 heterocycles. The lowest BCUT2D eigenvalue weighted by Crippen LogP contribution is -2.34. The summed E-state index contributed by atoms with van der Waals surface area (Å²) in [5.74, 6) is -0.516. The minimum atomic E-state index is -3.90. The summed E-state index contributed by atoms with van der Waals surface area (Å²) in [6.45, 7) is -0.0511. The molecule has 0 amide bonds. The van der Waals surface area contributed by atoms with Gasteiger partial charge in [-0.3, -0.25) is 9.52 Å². The number of hydrogen-bond donors (Lipinski definition) is 1. The highest BCUT2D eigenvalue weighted by molar-refractivity contribution is 7.90. The van der Waals surface area contributed by atoms with Crippen LogP contribution in [-0.4, -0.2) is 39.4 Å². The third-order valence-corrected chi connectivity index (χ3v) is 4.33. The molecule has 0 aliphatic heterocycles. The van der Waals surface area contributed by atoms with Crippen molar-refractivity contribution >= 4 is 33.5 Å². The van der Waals surface area contributed by atoms with Gasteiger partial charge in [-0.25, -0.2) is 0 Å². The third-order valence-electron chi connectivity index (χ3n) is 2.61. The zero-order valence-electron chi connectivity index (χ0n) is 11.5. The van der Waals surface area contributed by atoms with E-state index in [2.05, 4.69) is 9.46 Å². The van der Waals surface area contributed by atoms with Gasteiger partial charge in [0.1, 0.15) is 6.07 Å². The van der Waals surface area contributed by atoms with Gasteiger partial charge in [-0.1, -0.05) is 11.6 Å². The topological polar surface area (TPSA) is 99.5 Å². The number of ether oxygens (including phenoxy) is 1. The highest BCUT2D eigenvalue weighted by Crippen LogP contribution is 2.22. The van der Waals surface area contributed by atoms with Crippen LogP contribution in [0.1, 0.15) is 12.0 Å². The van der Waals surface area contributed by atoms with Crippen molar-refractivity contribution in [3.8, 4) is 6.07 Å². The minimum absolute atomic E-state index is 0.0511. The van der Waals surface area contributed by atoms with Crippen LogP contribution in [0, 0.1) is 11.3 Å². The number of esters is 1. The average molecular weight is 332 g/mol. The summed E-state index contributed by atoms with van der Waals surface area (Å²) in [6, 6.07) is 6.10. The third kappa shape index (κ3) is 4.90. The standard InChI is InChI=1S/C12H14ClN3O4S/c1-16(6-5-12(17)20-2)21(18,19)15-11-7-10(13)4-3-9(11)8-14/h3-4,7,15H,5-6H2,1-2H3. The Labute approximate surface area is 128 Å². The Morgan fingerprint density at radius 1 is 1.52 bits per heavy atom. The molecule has 21 heavy (non-hydrogen) atoms. The molecule has 1 aromatic rings. The van der Waals surface area contributed by atoms with Crippen LogP contribution in [0.15, 0.2) is 18.2 Å². The molecule has 0 aliphatic carbocycles. The second-order valence-corrected chi connectivity index (χ2v) is 6.27. The first-order chi connectivity index (χ1) is 9.80. The summed E-state index contributed by atoms with van der Waals surface area (Å²) in [7, 11) is -1.37. The van der Waals surface area contributed by atoms with Crippen molar-refractivity contribution in [2.24, 2.45) is 0 Å². The molecule has 0 fully saturated rings. The second kappa shape index (κ2) is 7.26. The van der Waals surface area contributed by atoms with Crippen molar-refractivity contribution in [3.05, 3.63) is 28.8 Å². The molecule has 0 aliphatic rings. The molecule has 0 bridgehead atoms. The monoisotopic (exact) mass is 331 g/mol. The first-order valence-corrected chi connectivity index (χ1v) is 7.62. The van der Waals surface area contributed by atoms with Crippen molar-refractivity contribution in [2.45, 2.75) is 6.42 Å². The molecule has 0 spiro atoms. The molecule has 0 radical (unpaired) electrons. The van der Waals surface area contributed by atoms with E-state index in [1.54, 1.807) is 0 Å². The van der Waals surface area contributed by atoms with Gasteiger partial charge in [-0.15, -0.1) is 0 Å². The van der Waals surface area contributed by atoms with Gasteiger partial charge in [0, 0.05) is 18.6 Å². The lowest BCUT2D eigenvalue weighted by atomic mass is 10.2.